The highest BCUT2D eigenvalue weighted by Crippen LogP contribution is 2.46. The van der Waals surface area contributed by atoms with E-state index in [1.807, 2.05) is 0 Å². The van der Waals surface area contributed by atoms with Crippen molar-refractivity contribution in [3.8, 4) is 0 Å². The Hall–Kier alpha value is -1.77. The number of imide groups is 1. The number of hydrogen-bond donors (Lipinski definition) is 1. The molecule has 0 radical (unpaired) electrons. The van der Waals surface area contributed by atoms with Gasteiger partial charge in [0.25, 0.3) is 5.91 Å². The lowest BCUT2D eigenvalue weighted by molar-refractivity contribution is -0.154. The van der Waals surface area contributed by atoms with Gasteiger partial charge in [0.1, 0.15) is 18.1 Å². The quantitative estimate of drug-likeness (QED) is 0.543. The van der Waals surface area contributed by atoms with Gasteiger partial charge in [-0.05, 0) is 37.5 Å². The molecule has 1 saturated carbocycles. The molecular formula is C20H31N3O5S. The largest absolute Gasteiger partial charge is 0.464 e. The molecule has 0 aromatic rings. The van der Waals surface area contributed by atoms with Crippen molar-refractivity contribution < 1.29 is 23.9 Å². The molecule has 4 amide bonds. The van der Waals surface area contributed by atoms with Gasteiger partial charge in [-0.2, -0.15) is 11.8 Å². The van der Waals surface area contributed by atoms with E-state index in [0.717, 1.165) is 11.3 Å². The average Bonchev–Trinajstić information content (AvgIpc) is 2.83. The Morgan fingerprint density at radius 1 is 1.28 bits per heavy atom. The molecule has 0 aromatic heterocycles. The van der Waals surface area contributed by atoms with E-state index in [2.05, 4.69) is 26.1 Å². The minimum Gasteiger partial charge on any atom is -0.464 e. The van der Waals surface area contributed by atoms with Crippen LogP contribution in [0.25, 0.3) is 0 Å². The molecule has 2 aliphatic heterocycles. The minimum absolute atomic E-state index is 0.0697. The second-order valence-electron chi connectivity index (χ2n) is 9.19. The minimum atomic E-state index is -0.934. The lowest BCUT2D eigenvalue weighted by Gasteiger charge is -2.43. The Kier molecular flexibility index (Phi) is 6.17. The summed E-state index contributed by atoms with van der Waals surface area (Å²) in [6, 6.07) is -1.20. The molecule has 2 saturated heterocycles. The lowest BCUT2D eigenvalue weighted by Crippen LogP contribution is -2.55. The monoisotopic (exact) mass is 425 g/mol. The highest BCUT2D eigenvalue weighted by Gasteiger charge is 2.56. The van der Waals surface area contributed by atoms with Crippen molar-refractivity contribution in [3.63, 3.8) is 0 Å². The molecular weight excluding hydrogens is 394 g/mol. The van der Waals surface area contributed by atoms with Gasteiger partial charge in [-0.1, -0.05) is 20.8 Å². The predicted octanol–water partition coefficient (Wildman–Crippen LogP) is 1.63. The number of esters is 1. The molecule has 0 bridgehead atoms. The Balaban J connectivity index is 1.74. The molecule has 3 atom stereocenters. The summed E-state index contributed by atoms with van der Waals surface area (Å²) in [5, 5.41) is 2.89. The molecule has 3 aliphatic rings. The molecule has 9 heteroatoms. The van der Waals surface area contributed by atoms with Gasteiger partial charge in [-0.25, -0.2) is 9.59 Å². The topological polar surface area (TPSA) is 96.0 Å². The molecule has 3 rings (SSSR count). The van der Waals surface area contributed by atoms with Gasteiger partial charge in [0, 0.05) is 18.1 Å². The zero-order valence-electron chi connectivity index (χ0n) is 17.7. The number of hydrogen-bond acceptors (Lipinski definition) is 6. The maximum Gasteiger partial charge on any atom is 0.329 e. The number of nitrogens with one attached hydrogen (secondary N) is 1. The number of carbonyl (C=O) groups is 4. The standard InChI is InChI=1S/C20H31N3O5S/c1-5-28-16(25)14-11-29-7-6-22(14)15(24)10-23-17(26)20(21-18(23)27)9-13(2)8-19(3,4)12-20/h13-14H,5-12H2,1-4H3,(H,21,27)/t13-,14+,20+/m1/s1. The summed E-state index contributed by atoms with van der Waals surface area (Å²) in [5.41, 5.74) is -1.00. The number of thioether (sulfide) groups is 1. The molecule has 1 N–H and O–H groups in total. The molecule has 162 valence electrons. The first-order chi connectivity index (χ1) is 13.6. The van der Waals surface area contributed by atoms with E-state index in [0.29, 0.717) is 36.8 Å². The summed E-state index contributed by atoms with van der Waals surface area (Å²) in [6.07, 6.45) is 2.13. The van der Waals surface area contributed by atoms with Gasteiger partial charge in [0.05, 0.1) is 6.61 Å². The van der Waals surface area contributed by atoms with E-state index in [-0.39, 0.29) is 24.5 Å². The first-order valence-electron chi connectivity index (χ1n) is 10.3. The summed E-state index contributed by atoms with van der Waals surface area (Å²) in [6.45, 7) is 8.31. The van der Waals surface area contributed by atoms with Gasteiger partial charge in [0.15, 0.2) is 0 Å². The second kappa shape index (κ2) is 8.16. The van der Waals surface area contributed by atoms with E-state index in [9.17, 15) is 19.2 Å². The van der Waals surface area contributed by atoms with Crippen molar-refractivity contribution in [2.75, 3.05) is 31.2 Å². The number of rotatable bonds is 4. The Morgan fingerprint density at radius 3 is 2.66 bits per heavy atom. The Morgan fingerprint density at radius 2 is 2.00 bits per heavy atom. The van der Waals surface area contributed by atoms with Crippen molar-refractivity contribution >= 4 is 35.6 Å². The maximum absolute atomic E-state index is 13.2. The summed E-state index contributed by atoms with van der Waals surface area (Å²) < 4.78 is 5.09. The second-order valence-corrected chi connectivity index (χ2v) is 10.3. The maximum atomic E-state index is 13.2. The highest BCUT2D eigenvalue weighted by molar-refractivity contribution is 7.99. The van der Waals surface area contributed by atoms with Crippen LogP contribution in [0.4, 0.5) is 4.79 Å². The van der Waals surface area contributed by atoms with Gasteiger partial charge in [-0.15, -0.1) is 0 Å². The van der Waals surface area contributed by atoms with Crippen LogP contribution in [-0.2, 0) is 19.1 Å². The van der Waals surface area contributed by atoms with Crippen molar-refractivity contribution in [1.82, 2.24) is 15.1 Å². The molecule has 2 heterocycles. The fraction of sp³-hybridized carbons (Fsp3) is 0.800. The third-order valence-electron chi connectivity index (χ3n) is 5.93. The average molecular weight is 426 g/mol. The molecule has 0 aromatic carbocycles. The van der Waals surface area contributed by atoms with Crippen LogP contribution in [0.5, 0.6) is 0 Å². The number of urea groups is 1. The number of ether oxygens (including phenoxy) is 1. The van der Waals surface area contributed by atoms with E-state index < -0.39 is 29.5 Å². The van der Waals surface area contributed by atoms with Crippen LogP contribution in [0.2, 0.25) is 0 Å². The van der Waals surface area contributed by atoms with Crippen LogP contribution < -0.4 is 5.32 Å². The van der Waals surface area contributed by atoms with Crippen molar-refractivity contribution in [2.45, 2.75) is 58.5 Å². The summed E-state index contributed by atoms with van der Waals surface area (Å²) in [5.74, 6) is 0.301. The molecule has 8 nitrogen and oxygen atoms in total. The van der Waals surface area contributed by atoms with E-state index in [1.165, 1.54) is 4.90 Å². The lowest BCUT2D eigenvalue weighted by atomic mass is 9.64. The van der Waals surface area contributed by atoms with Crippen LogP contribution in [0, 0.1) is 11.3 Å². The normalized spacial score (nSPS) is 31.7. The van der Waals surface area contributed by atoms with Gasteiger partial charge < -0.3 is 15.0 Å². The first-order valence-corrected chi connectivity index (χ1v) is 11.4. The Bertz CT molecular complexity index is 712. The predicted molar refractivity (Wildman–Crippen MR) is 109 cm³/mol. The van der Waals surface area contributed by atoms with Crippen molar-refractivity contribution in [3.05, 3.63) is 0 Å². The summed E-state index contributed by atoms with van der Waals surface area (Å²) in [4.78, 5) is 53.6. The van der Waals surface area contributed by atoms with Gasteiger partial charge in [0.2, 0.25) is 5.91 Å². The van der Waals surface area contributed by atoms with Gasteiger partial charge >= 0.3 is 12.0 Å². The fourth-order valence-corrected chi connectivity index (χ4v) is 6.24. The molecule has 3 fully saturated rings. The highest BCUT2D eigenvalue weighted by atomic mass is 32.2. The number of amides is 4. The van der Waals surface area contributed by atoms with E-state index in [4.69, 9.17) is 4.74 Å². The fourth-order valence-electron chi connectivity index (χ4n) is 5.21. The van der Waals surface area contributed by atoms with Crippen molar-refractivity contribution in [1.29, 1.82) is 0 Å². The van der Waals surface area contributed by atoms with E-state index in [1.54, 1.807) is 18.7 Å². The zero-order valence-corrected chi connectivity index (χ0v) is 18.5. The summed E-state index contributed by atoms with van der Waals surface area (Å²) in [7, 11) is 0. The van der Waals surface area contributed by atoms with Crippen LogP contribution in [0.3, 0.4) is 0 Å². The number of nitrogens with zero attached hydrogens (tertiary/aromatic N) is 2. The van der Waals surface area contributed by atoms with Crippen LogP contribution >= 0.6 is 11.8 Å². The third kappa shape index (κ3) is 4.39. The van der Waals surface area contributed by atoms with Crippen LogP contribution in [0.15, 0.2) is 0 Å². The van der Waals surface area contributed by atoms with Crippen LogP contribution in [-0.4, -0.2) is 76.4 Å². The van der Waals surface area contributed by atoms with Gasteiger partial charge in [-0.3, -0.25) is 14.5 Å². The molecule has 1 aliphatic carbocycles. The molecule has 0 unspecified atom stereocenters. The van der Waals surface area contributed by atoms with E-state index >= 15 is 0 Å². The zero-order chi connectivity index (χ0) is 21.4. The first kappa shape index (κ1) is 21.9. The van der Waals surface area contributed by atoms with Crippen LogP contribution in [0.1, 0.15) is 47.0 Å². The summed E-state index contributed by atoms with van der Waals surface area (Å²) >= 11 is 1.59. The third-order valence-corrected chi connectivity index (χ3v) is 6.95. The molecule has 29 heavy (non-hydrogen) atoms. The van der Waals surface area contributed by atoms with Crippen molar-refractivity contribution in [2.24, 2.45) is 11.3 Å². The Labute approximate surface area is 176 Å². The number of carbonyl (C=O) groups excluding carboxylic acids is 4. The molecule has 1 spiro atoms. The smallest absolute Gasteiger partial charge is 0.329 e. The SMILES string of the molecule is CCOC(=O)[C@@H]1CSCCN1C(=O)CN1C(=O)N[C@]2(C[C@H](C)CC(C)(C)C2)C1=O.